The average molecular weight is 238 g/mol. The van der Waals surface area contributed by atoms with E-state index in [1.54, 1.807) is 0 Å². The van der Waals surface area contributed by atoms with Gasteiger partial charge in [0.1, 0.15) is 4.34 Å². The number of halogens is 2. The summed E-state index contributed by atoms with van der Waals surface area (Å²) in [5.41, 5.74) is 1.18. The van der Waals surface area contributed by atoms with Crippen molar-refractivity contribution in [3.8, 4) is 0 Å². The highest BCUT2D eigenvalue weighted by Gasteiger charge is 2.12. The van der Waals surface area contributed by atoms with Gasteiger partial charge in [-0.05, 0) is 31.7 Å². The molecular weight excluding hydrogens is 225 g/mol. The molecular formula is C9H13Cl2NS. The molecule has 1 N–H and O–H groups in total. The lowest BCUT2D eigenvalue weighted by atomic mass is 10.1. The van der Waals surface area contributed by atoms with Gasteiger partial charge in [0, 0.05) is 12.1 Å². The van der Waals surface area contributed by atoms with Crippen molar-refractivity contribution in [1.29, 1.82) is 0 Å². The van der Waals surface area contributed by atoms with Crippen LogP contribution < -0.4 is 5.32 Å². The zero-order chi connectivity index (χ0) is 10.1. The van der Waals surface area contributed by atoms with Crippen LogP contribution in [0.15, 0.2) is 5.38 Å². The maximum Gasteiger partial charge on any atom is 0.112 e. The fourth-order valence-electron chi connectivity index (χ4n) is 0.832. The number of nitrogens with one attached hydrogen (secondary N) is 1. The monoisotopic (exact) mass is 237 g/mol. The first kappa shape index (κ1) is 11.3. The van der Waals surface area contributed by atoms with Crippen LogP contribution in [-0.4, -0.2) is 5.54 Å². The van der Waals surface area contributed by atoms with Crippen LogP contribution in [0.3, 0.4) is 0 Å². The van der Waals surface area contributed by atoms with E-state index in [1.807, 2.05) is 5.38 Å². The SMILES string of the molecule is CC(C)(C)NCc1csc(Cl)c1Cl. The molecule has 1 aromatic rings. The predicted molar refractivity (Wildman–Crippen MR) is 60.9 cm³/mol. The van der Waals surface area contributed by atoms with E-state index in [9.17, 15) is 0 Å². The van der Waals surface area contributed by atoms with Crippen molar-refractivity contribution < 1.29 is 0 Å². The highest BCUT2D eigenvalue weighted by molar-refractivity contribution is 7.15. The Balaban J connectivity index is 2.60. The Morgan fingerprint density at radius 1 is 1.38 bits per heavy atom. The molecule has 74 valence electrons. The van der Waals surface area contributed by atoms with E-state index in [0.29, 0.717) is 9.36 Å². The van der Waals surface area contributed by atoms with Crippen LogP contribution in [0.2, 0.25) is 9.36 Å². The minimum atomic E-state index is 0.109. The summed E-state index contributed by atoms with van der Waals surface area (Å²) < 4.78 is 0.673. The van der Waals surface area contributed by atoms with Crippen LogP contribution in [-0.2, 0) is 6.54 Å². The Kier molecular flexibility index (Phi) is 3.64. The van der Waals surface area contributed by atoms with Crippen molar-refractivity contribution in [2.45, 2.75) is 32.9 Å². The molecule has 0 atom stereocenters. The standard InChI is InChI=1S/C9H13Cl2NS/c1-9(2,3)12-4-6-5-13-8(11)7(6)10/h5,12H,4H2,1-3H3. The molecule has 0 unspecified atom stereocenters. The zero-order valence-corrected chi connectivity index (χ0v) is 10.3. The number of thiophene rings is 1. The van der Waals surface area contributed by atoms with Gasteiger partial charge in [0.15, 0.2) is 0 Å². The summed E-state index contributed by atoms with van der Waals surface area (Å²) in [6, 6.07) is 0. The summed E-state index contributed by atoms with van der Waals surface area (Å²) in [6.07, 6.45) is 0. The van der Waals surface area contributed by atoms with Crippen molar-refractivity contribution in [3.05, 3.63) is 20.3 Å². The van der Waals surface area contributed by atoms with Gasteiger partial charge in [0.05, 0.1) is 5.02 Å². The van der Waals surface area contributed by atoms with Crippen molar-refractivity contribution in [1.82, 2.24) is 5.32 Å². The maximum absolute atomic E-state index is 5.98. The molecule has 1 aromatic heterocycles. The molecule has 13 heavy (non-hydrogen) atoms. The van der Waals surface area contributed by atoms with Gasteiger partial charge in [-0.25, -0.2) is 0 Å². The predicted octanol–water partition coefficient (Wildman–Crippen LogP) is 3.94. The van der Waals surface area contributed by atoms with Crippen LogP contribution in [0.1, 0.15) is 26.3 Å². The van der Waals surface area contributed by atoms with Gasteiger partial charge in [-0.1, -0.05) is 23.2 Å². The molecule has 0 bridgehead atoms. The van der Waals surface area contributed by atoms with Crippen LogP contribution in [0.4, 0.5) is 0 Å². The Morgan fingerprint density at radius 2 is 2.00 bits per heavy atom. The second kappa shape index (κ2) is 4.18. The molecule has 0 radical (unpaired) electrons. The normalized spacial score (nSPS) is 12.1. The van der Waals surface area contributed by atoms with Gasteiger partial charge >= 0.3 is 0 Å². The third kappa shape index (κ3) is 3.47. The Morgan fingerprint density at radius 3 is 2.38 bits per heavy atom. The molecule has 0 aliphatic rings. The molecule has 0 amide bonds. The first-order valence-corrected chi connectivity index (χ1v) is 5.70. The highest BCUT2D eigenvalue weighted by Crippen LogP contribution is 2.32. The van der Waals surface area contributed by atoms with Crippen LogP contribution in [0.5, 0.6) is 0 Å². The smallest absolute Gasteiger partial charge is 0.112 e. The number of hydrogen-bond donors (Lipinski definition) is 1. The number of hydrogen-bond acceptors (Lipinski definition) is 2. The van der Waals surface area contributed by atoms with Gasteiger partial charge in [0.2, 0.25) is 0 Å². The average Bonchev–Trinajstić information content (AvgIpc) is 2.29. The highest BCUT2D eigenvalue weighted by atomic mass is 35.5. The molecule has 0 spiro atoms. The second-order valence-electron chi connectivity index (χ2n) is 3.95. The molecule has 1 heterocycles. The lowest BCUT2D eigenvalue weighted by Crippen LogP contribution is -2.34. The second-order valence-corrected chi connectivity index (χ2v) is 5.81. The van der Waals surface area contributed by atoms with E-state index in [0.717, 1.165) is 12.1 Å². The van der Waals surface area contributed by atoms with Gasteiger partial charge in [-0.2, -0.15) is 0 Å². The molecule has 1 rings (SSSR count). The van der Waals surface area contributed by atoms with E-state index in [2.05, 4.69) is 26.1 Å². The summed E-state index contributed by atoms with van der Waals surface area (Å²) in [4.78, 5) is 0. The van der Waals surface area contributed by atoms with E-state index >= 15 is 0 Å². The molecule has 4 heteroatoms. The minimum absolute atomic E-state index is 0.109. The molecule has 0 aromatic carbocycles. The lowest BCUT2D eigenvalue weighted by Gasteiger charge is -2.20. The van der Waals surface area contributed by atoms with Gasteiger partial charge < -0.3 is 5.32 Å². The summed E-state index contributed by atoms with van der Waals surface area (Å²) in [6.45, 7) is 7.13. The Bertz CT molecular complexity index is 288. The first-order chi connectivity index (χ1) is 5.90. The van der Waals surface area contributed by atoms with E-state index in [-0.39, 0.29) is 5.54 Å². The zero-order valence-electron chi connectivity index (χ0n) is 7.95. The largest absolute Gasteiger partial charge is 0.308 e. The fourth-order valence-corrected chi connectivity index (χ4v) is 2.09. The quantitative estimate of drug-likeness (QED) is 0.822. The molecule has 0 fully saturated rings. The van der Waals surface area contributed by atoms with Gasteiger partial charge in [-0.15, -0.1) is 11.3 Å². The first-order valence-electron chi connectivity index (χ1n) is 4.06. The summed E-state index contributed by atoms with van der Waals surface area (Å²) in [5, 5.41) is 6.03. The molecule has 0 aliphatic carbocycles. The minimum Gasteiger partial charge on any atom is -0.308 e. The Labute approximate surface area is 93.1 Å². The van der Waals surface area contributed by atoms with Crippen molar-refractivity contribution in [3.63, 3.8) is 0 Å². The van der Waals surface area contributed by atoms with Crippen LogP contribution in [0, 0.1) is 0 Å². The van der Waals surface area contributed by atoms with Crippen molar-refractivity contribution in [2.24, 2.45) is 0 Å². The fraction of sp³-hybridized carbons (Fsp3) is 0.556. The van der Waals surface area contributed by atoms with Crippen LogP contribution in [0.25, 0.3) is 0 Å². The molecule has 1 nitrogen and oxygen atoms in total. The van der Waals surface area contributed by atoms with Gasteiger partial charge in [0.25, 0.3) is 0 Å². The Hall–Kier alpha value is 0.240. The van der Waals surface area contributed by atoms with E-state index in [1.165, 1.54) is 11.3 Å². The molecule has 0 saturated heterocycles. The molecule has 0 saturated carbocycles. The third-order valence-corrected chi connectivity index (χ3v) is 3.48. The van der Waals surface area contributed by atoms with Crippen molar-refractivity contribution in [2.75, 3.05) is 0 Å². The maximum atomic E-state index is 5.98. The lowest BCUT2D eigenvalue weighted by molar-refractivity contribution is 0.424. The van der Waals surface area contributed by atoms with Crippen LogP contribution >= 0.6 is 34.5 Å². The molecule has 0 aliphatic heterocycles. The van der Waals surface area contributed by atoms with E-state index in [4.69, 9.17) is 23.2 Å². The van der Waals surface area contributed by atoms with E-state index < -0.39 is 0 Å². The topological polar surface area (TPSA) is 12.0 Å². The van der Waals surface area contributed by atoms with Crippen molar-refractivity contribution >= 4 is 34.5 Å². The summed E-state index contributed by atoms with van der Waals surface area (Å²) >= 11 is 13.3. The summed E-state index contributed by atoms with van der Waals surface area (Å²) in [5.74, 6) is 0. The summed E-state index contributed by atoms with van der Waals surface area (Å²) in [7, 11) is 0. The third-order valence-electron chi connectivity index (χ3n) is 1.57. The number of rotatable bonds is 2. The van der Waals surface area contributed by atoms with Gasteiger partial charge in [-0.3, -0.25) is 0 Å².